The van der Waals surface area contributed by atoms with Gasteiger partial charge in [-0.15, -0.1) is 0 Å². The Hall–Kier alpha value is -0.600. The van der Waals surface area contributed by atoms with Crippen molar-refractivity contribution in [1.82, 2.24) is 0 Å². The van der Waals surface area contributed by atoms with Crippen LogP contribution in [0.3, 0.4) is 0 Å². The van der Waals surface area contributed by atoms with Crippen LogP contribution in [-0.4, -0.2) is 11.9 Å². The van der Waals surface area contributed by atoms with Gasteiger partial charge in [0.05, 0.1) is 10.2 Å². The Morgan fingerprint density at radius 1 is 1.12 bits per heavy atom. The number of aryl methyl sites for hydroxylation is 1. The molecular formula is C9H10Br3N5. The lowest BCUT2D eigenvalue weighted by atomic mass is 10.2. The molecule has 0 saturated heterocycles. The average Bonchev–Trinajstić information content (AvgIpc) is 2.20. The maximum absolute atomic E-state index is 5.58. The van der Waals surface area contributed by atoms with Crippen LogP contribution < -0.4 is 17.2 Å². The summed E-state index contributed by atoms with van der Waals surface area (Å²) in [4.78, 5) is 7.77. The minimum absolute atomic E-state index is 0.0119. The Morgan fingerprint density at radius 2 is 1.71 bits per heavy atom. The monoisotopic (exact) mass is 425 g/mol. The second kappa shape index (κ2) is 5.83. The zero-order valence-corrected chi connectivity index (χ0v) is 13.6. The molecule has 0 atom stereocenters. The average molecular weight is 428 g/mol. The van der Waals surface area contributed by atoms with Gasteiger partial charge in [0.2, 0.25) is 5.96 Å². The topological polar surface area (TPSA) is 103 Å². The van der Waals surface area contributed by atoms with E-state index in [4.69, 9.17) is 17.2 Å². The molecule has 17 heavy (non-hydrogen) atoms. The smallest absolute Gasteiger partial charge is 0.223 e. The molecule has 0 radical (unpaired) electrons. The highest BCUT2D eigenvalue weighted by Gasteiger charge is 2.11. The standard InChI is InChI=1S/C9H10Br3N5/c1-3-2-4(10)7(6(12)5(3)11)16-9(15)17-8(13)14/h2H,1H3,(H6,13,14,15,16,17). The van der Waals surface area contributed by atoms with E-state index in [1.807, 2.05) is 13.0 Å². The number of aliphatic imine (C=N–C) groups is 2. The van der Waals surface area contributed by atoms with E-state index in [1.165, 1.54) is 0 Å². The Labute approximate surface area is 124 Å². The molecule has 92 valence electrons. The Morgan fingerprint density at radius 3 is 2.24 bits per heavy atom. The van der Waals surface area contributed by atoms with E-state index < -0.39 is 0 Å². The van der Waals surface area contributed by atoms with Crippen molar-refractivity contribution < 1.29 is 0 Å². The third-order valence-electron chi connectivity index (χ3n) is 1.79. The van der Waals surface area contributed by atoms with E-state index in [0.29, 0.717) is 5.69 Å². The molecule has 0 unspecified atom stereocenters. The maximum atomic E-state index is 5.58. The van der Waals surface area contributed by atoms with Crippen molar-refractivity contribution >= 4 is 65.4 Å². The quantitative estimate of drug-likeness (QED) is 0.364. The molecule has 1 aromatic rings. The van der Waals surface area contributed by atoms with Crippen LogP contribution in [-0.2, 0) is 0 Å². The molecule has 0 spiro atoms. The first-order valence-electron chi connectivity index (χ1n) is 4.40. The van der Waals surface area contributed by atoms with Crippen molar-refractivity contribution in [3.8, 4) is 0 Å². The second-order valence-electron chi connectivity index (χ2n) is 3.16. The predicted molar refractivity (Wildman–Crippen MR) is 81.4 cm³/mol. The molecule has 0 aliphatic carbocycles. The summed E-state index contributed by atoms with van der Waals surface area (Å²) in [5.74, 6) is -0.146. The highest BCUT2D eigenvalue weighted by atomic mass is 79.9. The molecule has 0 aromatic heterocycles. The first-order chi connectivity index (χ1) is 7.82. The van der Waals surface area contributed by atoms with Crippen LogP contribution in [0.15, 0.2) is 29.5 Å². The Kier molecular flexibility index (Phi) is 4.96. The summed E-state index contributed by atoms with van der Waals surface area (Å²) in [5, 5.41) is 0. The fourth-order valence-corrected chi connectivity index (χ4v) is 2.89. The van der Waals surface area contributed by atoms with E-state index in [2.05, 4.69) is 57.8 Å². The van der Waals surface area contributed by atoms with Gasteiger partial charge in [0.25, 0.3) is 0 Å². The SMILES string of the molecule is Cc1cc(Br)c(N=C(N)N=C(N)N)c(Br)c1Br. The first kappa shape index (κ1) is 14.5. The molecule has 1 rings (SSSR count). The number of nitrogens with two attached hydrogens (primary N) is 3. The Balaban J connectivity index is 3.34. The number of halogens is 3. The minimum Gasteiger partial charge on any atom is -0.370 e. The highest BCUT2D eigenvalue weighted by molar-refractivity contribution is 9.13. The number of hydrogen-bond acceptors (Lipinski definition) is 1. The van der Waals surface area contributed by atoms with Gasteiger partial charge in [-0.1, -0.05) is 0 Å². The van der Waals surface area contributed by atoms with E-state index >= 15 is 0 Å². The fourth-order valence-electron chi connectivity index (χ4n) is 1.08. The largest absolute Gasteiger partial charge is 0.370 e. The number of hydrogen-bond donors (Lipinski definition) is 3. The van der Waals surface area contributed by atoms with Crippen molar-refractivity contribution in [3.63, 3.8) is 0 Å². The van der Waals surface area contributed by atoms with Crippen LogP contribution in [0.4, 0.5) is 5.69 Å². The van der Waals surface area contributed by atoms with Gasteiger partial charge < -0.3 is 17.2 Å². The molecule has 0 aliphatic heterocycles. The van der Waals surface area contributed by atoms with Crippen LogP contribution in [0.2, 0.25) is 0 Å². The van der Waals surface area contributed by atoms with Crippen LogP contribution in [0.25, 0.3) is 0 Å². The second-order valence-corrected chi connectivity index (χ2v) is 5.60. The van der Waals surface area contributed by atoms with Crippen LogP contribution in [0.1, 0.15) is 5.56 Å². The van der Waals surface area contributed by atoms with Crippen LogP contribution >= 0.6 is 47.8 Å². The normalized spacial score (nSPS) is 11.4. The van der Waals surface area contributed by atoms with Crippen LogP contribution in [0, 0.1) is 6.92 Å². The van der Waals surface area contributed by atoms with Gasteiger partial charge in [-0.3, -0.25) is 0 Å². The van der Waals surface area contributed by atoms with Crippen molar-refractivity contribution in [2.45, 2.75) is 6.92 Å². The van der Waals surface area contributed by atoms with Gasteiger partial charge >= 0.3 is 0 Å². The summed E-state index contributed by atoms with van der Waals surface area (Å²) in [7, 11) is 0. The van der Waals surface area contributed by atoms with Gasteiger partial charge in [-0.25, -0.2) is 4.99 Å². The molecule has 8 heteroatoms. The highest BCUT2D eigenvalue weighted by Crippen LogP contribution is 2.40. The summed E-state index contributed by atoms with van der Waals surface area (Å²) in [6.07, 6.45) is 0. The molecule has 1 aromatic carbocycles. The van der Waals surface area contributed by atoms with E-state index in [-0.39, 0.29) is 11.9 Å². The minimum atomic E-state index is -0.135. The zero-order valence-electron chi connectivity index (χ0n) is 8.84. The van der Waals surface area contributed by atoms with Gasteiger partial charge in [-0.2, -0.15) is 4.99 Å². The van der Waals surface area contributed by atoms with Gasteiger partial charge in [-0.05, 0) is 66.3 Å². The molecule has 0 fully saturated rings. The summed E-state index contributed by atoms with van der Waals surface area (Å²) >= 11 is 10.3. The number of rotatable bonds is 1. The van der Waals surface area contributed by atoms with E-state index in [0.717, 1.165) is 19.0 Å². The van der Waals surface area contributed by atoms with E-state index in [1.54, 1.807) is 0 Å². The summed E-state index contributed by atoms with van der Waals surface area (Å²) < 4.78 is 2.47. The number of nitrogens with zero attached hydrogens (tertiary/aromatic N) is 2. The third kappa shape index (κ3) is 3.68. The zero-order chi connectivity index (χ0) is 13.2. The van der Waals surface area contributed by atoms with Crippen molar-refractivity contribution in [1.29, 1.82) is 0 Å². The molecule has 6 N–H and O–H groups in total. The van der Waals surface area contributed by atoms with Crippen molar-refractivity contribution in [2.75, 3.05) is 0 Å². The first-order valence-corrected chi connectivity index (χ1v) is 6.78. The lowest BCUT2D eigenvalue weighted by molar-refractivity contribution is 1.32. The number of guanidine groups is 2. The van der Waals surface area contributed by atoms with Crippen molar-refractivity contribution in [3.05, 3.63) is 25.0 Å². The van der Waals surface area contributed by atoms with Gasteiger partial charge in [0, 0.05) is 8.95 Å². The lowest BCUT2D eigenvalue weighted by Crippen LogP contribution is -2.26. The Bertz CT molecular complexity index is 506. The lowest BCUT2D eigenvalue weighted by Gasteiger charge is -2.07. The molecule has 5 nitrogen and oxygen atoms in total. The molecule has 0 aliphatic rings. The van der Waals surface area contributed by atoms with E-state index in [9.17, 15) is 0 Å². The third-order valence-corrected chi connectivity index (χ3v) is 4.72. The summed E-state index contributed by atoms with van der Waals surface area (Å²) in [5.41, 5.74) is 17.7. The molecule has 0 amide bonds. The molecule has 0 bridgehead atoms. The summed E-state index contributed by atoms with van der Waals surface area (Å²) in [6.45, 7) is 1.96. The van der Waals surface area contributed by atoms with Gasteiger partial charge in [0.1, 0.15) is 0 Å². The number of benzene rings is 1. The van der Waals surface area contributed by atoms with Crippen molar-refractivity contribution in [2.24, 2.45) is 27.2 Å². The fraction of sp³-hybridized carbons (Fsp3) is 0.111. The predicted octanol–water partition coefficient (Wildman–Crippen LogP) is 2.50. The maximum Gasteiger partial charge on any atom is 0.223 e. The summed E-state index contributed by atoms with van der Waals surface area (Å²) in [6, 6.07) is 1.91. The van der Waals surface area contributed by atoms with Gasteiger partial charge in [0.15, 0.2) is 5.96 Å². The molecular weight excluding hydrogens is 418 g/mol. The molecule has 0 heterocycles. The van der Waals surface area contributed by atoms with Crippen LogP contribution in [0.5, 0.6) is 0 Å². The molecule has 0 saturated carbocycles.